The normalized spacial score (nSPS) is 20.5. The summed E-state index contributed by atoms with van der Waals surface area (Å²) in [5.74, 6) is 1.39. The second-order valence-electron chi connectivity index (χ2n) is 10.1. The van der Waals surface area contributed by atoms with Crippen molar-refractivity contribution in [2.24, 2.45) is 5.41 Å². The van der Waals surface area contributed by atoms with Crippen LogP contribution in [0.4, 0.5) is 0 Å². The molecule has 184 valence electrons. The Labute approximate surface area is 194 Å². The first-order chi connectivity index (χ1) is 15.2. The Morgan fingerprint density at radius 3 is 2.50 bits per heavy atom. The molecule has 6 nitrogen and oxygen atoms in total. The van der Waals surface area contributed by atoms with Crippen LogP contribution in [-0.4, -0.2) is 62.1 Å². The van der Waals surface area contributed by atoms with Gasteiger partial charge < -0.3 is 29.2 Å². The molecule has 0 spiro atoms. The van der Waals surface area contributed by atoms with Gasteiger partial charge in [0.25, 0.3) is 0 Å². The Hall–Kier alpha value is -1.34. The minimum atomic E-state index is -0.137. The molecule has 1 aromatic rings. The zero-order valence-electron chi connectivity index (χ0n) is 20.7. The van der Waals surface area contributed by atoms with Crippen molar-refractivity contribution in [3.05, 3.63) is 23.8 Å². The Balaban J connectivity index is 2.13. The molecule has 0 bridgehead atoms. The average molecular weight is 453 g/mol. The summed E-state index contributed by atoms with van der Waals surface area (Å²) in [5.41, 5.74) is 1.21. The number of hydrogen-bond donors (Lipinski definition) is 2. The first kappa shape index (κ1) is 26.9. The highest BCUT2D eigenvalue weighted by Crippen LogP contribution is 2.40. The van der Waals surface area contributed by atoms with Crippen LogP contribution in [0.5, 0.6) is 11.5 Å². The van der Waals surface area contributed by atoms with Crippen molar-refractivity contribution < 1.29 is 29.2 Å². The highest BCUT2D eigenvalue weighted by atomic mass is 16.6. The fourth-order valence-corrected chi connectivity index (χ4v) is 4.22. The SMILES string of the molecule is CCCCCC(C)(C)c1ccc(OCCOCCO)c(OCC2OC(CO)CC2(C)C)c1. The topological polar surface area (TPSA) is 77.4 Å². The Morgan fingerprint density at radius 1 is 1.06 bits per heavy atom. The number of benzene rings is 1. The van der Waals surface area contributed by atoms with Gasteiger partial charge in [0.1, 0.15) is 13.2 Å². The second kappa shape index (κ2) is 12.8. The minimum absolute atomic E-state index is 0.00216. The largest absolute Gasteiger partial charge is 0.487 e. The fraction of sp³-hybridized carbons (Fsp3) is 0.769. The molecule has 1 saturated heterocycles. The Bertz CT molecular complexity index is 672. The van der Waals surface area contributed by atoms with Gasteiger partial charge in [-0.15, -0.1) is 0 Å². The van der Waals surface area contributed by atoms with Gasteiger partial charge in [0.05, 0.1) is 38.6 Å². The smallest absolute Gasteiger partial charge is 0.161 e. The van der Waals surface area contributed by atoms with Gasteiger partial charge in [0.2, 0.25) is 0 Å². The fourth-order valence-electron chi connectivity index (χ4n) is 4.22. The third kappa shape index (κ3) is 7.91. The molecular formula is C26H44O6. The minimum Gasteiger partial charge on any atom is -0.487 e. The van der Waals surface area contributed by atoms with Crippen molar-refractivity contribution in [3.63, 3.8) is 0 Å². The second-order valence-corrected chi connectivity index (χ2v) is 10.1. The predicted molar refractivity (Wildman–Crippen MR) is 127 cm³/mol. The van der Waals surface area contributed by atoms with Gasteiger partial charge in [-0.1, -0.05) is 59.9 Å². The molecule has 2 unspecified atom stereocenters. The van der Waals surface area contributed by atoms with Crippen LogP contribution < -0.4 is 9.47 Å². The molecule has 1 aliphatic heterocycles. The van der Waals surface area contributed by atoms with Crippen LogP contribution in [0.15, 0.2) is 18.2 Å². The van der Waals surface area contributed by atoms with E-state index in [0.29, 0.717) is 37.9 Å². The lowest BCUT2D eigenvalue weighted by Gasteiger charge is -2.28. The summed E-state index contributed by atoms with van der Waals surface area (Å²) in [5, 5.41) is 18.4. The molecular weight excluding hydrogens is 408 g/mol. The van der Waals surface area contributed by atoms with Gasteiger partial charge >= 0.3 is 0 Å². The molecule has 0 amide bonds. The van der Waals surface area contributed by atoms with Crippen LogP contribution in [0.2, 0.25) is 0 Å². The maximum absolute atomic E-state index is 9.51. The van der Waals surface area contributed by atoms with Crippen LogP contribution in [0.3, 0.4) is 0 Å². The van der Waals surface area contributed by atoms with E-state index in [4.69, 9.17) is 24.1 Å². The first-order valence-electron chi connectivity index (χ1n) is 12.1. The molecule has 0 aromatic heterocycles. The van der Waals surface area contributed by atoms with Crippen LogP contribution in [0.25, 0.3) is 0 Å². The summed E-state index contributed by atoms with van der Waals surface area (Å²) in [4.78, 5) is 0. The number of aliphatic hydroxyl groups is 2. The third-order valence-electron chi connectivity index (χ3n) is 6.43. The van der Waals surface area contributed by atoms with Gasteiger partial charge in [-0.05, 0) is 41.4 Å². The van der Waals surface area contributed by atoms with E-state index in [9.17, 15) is 5.11 Å². The summed E-state index contributed by atoms with van der Waals surface area (Å²) in [6, 6.07) is 6.21. The van der Waals surface area contributed by atoms with Crippen LogP contribution in [-0.2, 0) is 14.9 Å². The van der Waals surface area contributed by atoms with E-state index in [-0.39, 0.29) is 36.3 Å². The molecule has 1 fully saturated rings. The molecule has 1 aromatic carbocycles. The molecule has 1 aliphatic rings. The van der Waals surface area contributed by atoms with Gasteiger partial charge in [0.15, 0.2) is 11.5 Å². The quantitative estimate of drug-likeness (QED) is 0.382. The van der Waals surface area contributed by atoms with E-state index < -0.39 is 0 Å². The van der Waals surface area contributed by atoms with Gasteiger partial charge in [-0.25, -0.2) is 0 Å². The lowest BCUT2D eigenvalue weighted by Crippen LogP contribution is -2.31. The van der Waals surface area contributed by atoms with E-state index in [0.717, 1.165) is 12.8 Å². The van der Waals surface area contributed by atoms with Crippen LogP contribution in [0.1, 0.15) is 72.3 Å². The van der Waals surface area contributed by atoms with E-state index in [1.54, 1.807) is 0 Å². The summed E-state index contributed by atoms with van der Waals surface area (Å²) in [7, 11) is 0. The number of unbranched alkanes of at least 4 members (excludes halogenated alkanes) is 2. The zero-order valence-corrected chi connectivity index (χ0v) is 20.7. The number of ether oxygens (including phenoxy) is 4. The molecule has 1 heterocycles. The number of aliphatic hydroxyl groups excluding tert-OH is 2. The average Bonchev–Trinajstić information content (AvgIpc) is 3.06. The summed E-state index contributed by atoms with van der Waals surface area (Å²) in [6.07, 6.45) is 5.35. The molecule has 32 heavy (non-hydrogen) atoms. The molecule has 2 rings (SSSR count). The first-order valence-corrected chi connectivity index (χ1v) is 12.1. The van der Waals surface area contributed by atoms with E-state index in [1.165, 1.54) is 24.8 Å². The van der Waals surface area contributed by atoms with Crippen LogP contribution >= 0.6 is 0 Å². The van der Waals surface area contributed by atoms with Gasteiger partial charge in [0, 0.05) is 0 Å². The summed E-state index contributed by atoms with van der Waals surface area (Å²) in [6.45, 7) is 12.6. The Kier molecular flexibility index (Phi) is 10.7. The zero-order chi connectivity index (χ0) is 23.6. The highest BCUT2D eigenvalue weighted by molar-refractivity contribution is 5.45. The monoisotopic (exact) mass is 452 g/mol. The van der Waals surface area contributed by atoms with Crippen molar-refractivity contribution in [3.8, 4) is 11.5 Å². The molecule has 0 saturated carbocycles. The summed E-state index contributed by atoms with van der Waals surface area (Å²) < 4.78 is 23.6. The van der Waals surface area contributed by atoms with E-state index >= 15 is 0 Å². The lowest BCUT2D eigenvalue weighted by atomic mass is 9.80. The number of hydrogen-bond acceptors (Lipinski definition) is 6. The van der Waals surface area contributed by atoms with Gasteiger partial charge in [-0.2, -0.15) is 0 Å². The molecule has 2 atom stereocenters. The van der Waals surface area contributed by atoms with Gasteiger partial charge in [-0.3, -0.25) is 0 Å². The lowest BCUT2D eigenvalue weighted by molar-refractivity contribution is -0.0268. The molecule has 0 radical (unpaired) electrons. The molecule has 2 N–H and O–H groups in total. The summed E-state index contributed by atoms with van der Waals surface area (Å²) >= 11 is 0. The Morgan fingerprint density at radius 2 is 1.84 bits per heavy atom. The van der Waals surface area contributed by atoms with E-state index in [1.807, 2.05) is 6.07 Å². The third-order valence-corrected chi connectivity index (χ3v) is 6.43. The standard InChI is InChI=1S/C26H44O6/c1-6-7-8-11-25(2,3)20-9-10-22(30-15-14-29-13-12-27)23(16-20)31-19-24-26(4,5)17-21(18-28)32-24/h9-10,16,21,24,27-28H,6-8,11-15,17-19H2,1-5H3. The van der Waals surface area contributed by atoms with E-state index in [2.05, 4.69) is 46.8 Å². The van der Waals surface area contributed by atoms with Crippen molar-refractivity contribution in [2.75, 3.05) is 39.6 Å². The number of rotatable bonds is 15. The maximum Gasteiger partial charge on any atom is 0.161 e. The van der Waals surface area contributed by atoms with Crippen molar-refractivity contribution >= 4 is 0 Å². The molecule has 6 heteroatoms. The van der Waals surface area contributed by atoms with Crippen LogP contribution in [0, 0.1) is 5.41 Å². The molecule has 0 aliphatic carbocycles. The van der Waals surface area contributed by atoms with Crippen molar-refractivity contribution in [1.29, 1.82) is 0 Å². The van der Waals surface area contributed by atoms with Crippen molar-refractivity contribution in [2.45, 2.75) is 84.3 Å². The maximum atomic E-state index is 9.51. The highest BCUT2D eigenvalue weighted by Gasteiger charge is 2.41. The van der Waals surface area contributed by atoms with Crippen molar-refractivity contribution in [1.82, 2.24) is 0 Å². The predicted octanol–water partition coefficient (Wildman–Crippen LogP) is 4.49.